The number of nitrogens with one attached hydrogen (secondary N) is 1. The number of aromatic hydroxyl groups is 1. The summed E-state index contributed by atoms with van der Waals surface area (Å²) >= 11 is 12.0. The van der Waals surface area contributed by atoms with Gasteiger partial charge in [0.2, 0.25) is 5.88 Å². The Balaban J connectivity index is 2.12. The Labute approximate surface area is 191 Å². The maximum atomic E-state index is 11.5. The molecule has 0 aliphatic carbocycles. The lowest BCUT2D eigenvalue weighted by atomic mass is 10.3. The van der Waals surface area contributed by atoms with Crippen LogP contribution in [0.2, 0.25) is 10.0 Å². The third-order valence-corrected chi connectivity index (χ3v) is 6.53. The molecule has 3 aromatic rings. The van der Waals surface area contributed by atoms with Crippen LogP contribution in [0.15, 0.2) is 50.4 Å². The van der Waals surface area contributed by atoms with Crippen molar-refractivity contribution in [3.05, 3.63) is 46.1 Å². The molecule has 0 aliphatic heterocycles. The third-order valence-electron chi connectivity index (χ3n) is 4.01. The average molecular weight is 521 g/mol. The average Bonchev–Trinajstić information content (AvgIpc) is 2.93. The number of nitrogens with zero attached hydrogens (tertiary/aromatic N) is 4. The summed E-state index contributed by atoms with van der Waals surface area (Å²) in [4.78, 5) is -1.25. The van der Waals surface area contributed by atoms with E-state index in [2.05, 4.69) is 15.3 Å². The van der Waals surface area contributed by atoms with Crippen molar-refractivity contribution < 1.29 is 31.0 Å². The second-order valence-corrected chi connectivity index (χ2v) is 9.83. The molecule has 3 rings (SSSR count). The van der Waals surface area contributed by atoms with Crippen LogP contribution in [0.4, 0.5) is 17.1 Å². The quantitative estimate of drug-likeness (QED) is 0.331. The molecule has 2 aromatic carbocycles. The van der Waals surface area contributed by atoms with Crippen LogP contribution in [0, 0.1) is 6.92 Å². The maximum Gasteiger partial charge on any atom is 0.296 e. The van der Waals surface area contributed by atoms with Gasteiger partial charge in [-0.05, 0) is 37.3 Å². The zero-order valence-electron chi connectivity index (χ0n) is 15.7. The molecule has 12 nitrogen and oxygen atoms in total. The van der Waals surface area contributed by atoms with E-state index in [1.54, 1.807) is 0 Å². The van der Waals surface area contributed by atoms with E-state index in [1.165, 1.54) is 6.92 Å². The minimum absolute atomic E-state index is 0.0575. The van der Waals surface area contributed by atoms with Gasteiger partial charge in [-0.25, -0.2) is 0 Å². The fraction of sp³-hybridized carbons (Fsp3) is 0.0625. The fourth-order valence-corrected chi connectivity index (χ4v) is 4.52. The highest BCUT2D eigenvalue weighted by Gasteiger charge is 2.23. The van der Waals surface area contributed by atoms with Crippen molar-refractivity contribution >= 4 is 60.5 Å². The molecule has 1 aromatic heterocycles. The van der Waals surface area contributed by atoms with E-state index < -0.39 is 40.9 Å². The van der Waals surface area contributed by atoms with Crippen molar-refractivity contribution in [3.63, 3.8) is 0 Å². The van der Waals surface area contributed by atoms with E-state index in [1.807, 2.05) is 0 Å². The predicted octanol–water partition coefficient (Wildman–Crippen LogP) is 4.02. The molecule has 0 aliphatic rings. The molecular weight excluding hydrogens is 509 g/mol. The van der Waals surface area contributed by atoms with Gasteiger partial charge >= 0.3 is 0 Å². The maximum absolute atomic E-state index is 11.5. The Kier molecular flexibility index (Phi) is 6.21. The van der Waals surface area contributed by atoms with E-state index in [-0.39, 0.29) is 33.5 Å². The van der Waals surface area contributed by atoms with Gasteiger partial charge in [-0.2, -0.15) is 26.6 Å². The summed E-state index contributed by atoms with van der Waals surface area (Å²) in [5.41, 5.74) is 6.96. The van der Waals surface area contributed by atoms with Gasteiger partial charge in [-0.1, -0.05) is 23.2 Å². The van der Waals surface area contributed by atoms with Crippen LogP contribution in [0.25, 0.3) is 5.69 Å². The molecule has 16 heteroatoms. The normalized spacial score (nSPS) is 12.5. The number of hydrogen-bond acceptors (Lipinski definition) is 8. The SMILES string of the molecule is Cc1nn(-c2cc(Cl)c(S(=O)(=O)O)cc2Cl)c(O)c1/N=N/c1cc([NH])ccc1S(=O)(=O)O. The molecule has 4 N–H and O–H groups in total. The van der Waals surface area contributed by atoms with Gasteiger partial charge < -0.3 is 10.8 Å². The van der Waals surface area contributed by atoms with Gasteiger partial charge in [0.1, 0.15) is 15.5 Å². The standard InChI is InChI=1S/C16H12Cl2N5O7S2/c1-7-15(21-20-11-4-8(19)2-3-13(11)31(25,26)27)16(24)23(22-7)12-5-10(18)14(6-9(12)17)32(28,29)30/h2-6,19,24H,1H3,(H,25,26,27)(H,28,29,30)/b21-20+. The lowest BCUT2D eigenvalue weighted by Gasteiger charge is -2.09. The Hall–Kier alpha value is -2.75. The summed E-state index contributed by atoms with van der Waals surface area (Å²) in [6.45, 7) is 1.43. The lowest BCUT2D eigenvalue weighted by Crippen LogP contribution is -2.03. The van der Waals surface area contributed by atoms with Crippen molar-refractivity contribution in [2.24, 2.45) is 10.2 Å². The molecule has 169 valence electrons. The molecule has 0 spiro atoms. The van der Waals surface area contributed by atoms with E-state index >= 15 is 0 Å². The number of benzene rings is 2. The zero-order chi connectivity index (χ0) is 24.0. The monoisotopic (exact) mass is 520 g/mol. The van der Waals surface area contributed by atoms with Gasteiger partial charge in [-0.15, -0.1) is 10.2 Å². The van der Waals surface area contributed by atoms with Crippen molar-refractivity contribution in [2.75, 3.05) is 0 Å². The first kappa shape index (κ1) is 23.9. The summed E-state index contributed by atoms with van der Waals surface area (Å²) in [5, 5.41) is 21.4. The molecule has 0 unspecified atom stereocenters. The molecule has 0 fully saturated rings. The minimum atomic E-state index is -4.66. The van der Waals surface area contributed by atoms with E-state index in [0.717, 1.165) is 35.0 Å². The summed E-state index contributed by atoms with van der Waals surface area (Å²) in [6, 6.07) is 5.05. The Morgan fingerprint density at radius 2 is 1.59 bits per heavy atom. The van der Waals surface area contributed by atoms with Crippen molar-refractivity contribution in [1.29, 1.82) is 0 Å². The van der Waals surface area contributed by atoms with Crippen LogP contribution in [-0.2, 0) is 20.2 Å². The molecule has 0 saturated heterocycles. The van der Waals surface area contributed by atoms with E-state index in [4.69, 9.17) is 28.9 Å². The van der Waals surface area contributed by atoms with Crippen LogP contribution in [0.5, 0.6) is 5.88 Å². The summed E-state index contributed by atoms with van der Waals surface area (Å²) in [5.74, 6) is -0.612. The molecule has 0 bridgehead atoms. The van der Waals surface area contributed by atoms with Gasteiger partial charge in [0.15, 0.2) is 5.69 Å². The molecule has 32 heavy (non-hydrogen) atoms. The molecule has 0 atom stereocenters. The van der Waals surface area contributed by atoms with Crippen LogP contribution < -0.4 is 5.73 Å². The topological polar surface area (TPSA) is 195 Å². The highest BCUT2D eigenvalue weighted by atomic mass is 35.5. The molecule has 1 heterocycles. The Bertz CT molecular complexity index is 1480. The molecule has 0 amide bonds. The number of hydrogen-bond donors (Lipinski definition) is 3. The van der Waals surface area contributed by atoms with Crippen LogP contribution in [0.3, 0.4) is 0 Å². The minimum Gasteiger partial charge on any atom is -0.492 e. The van der Waals surface area contributed by atoms with Crippen molar-refractivity contribution in [2.45, 2.75) is 16.7 Å². The lowest BCUT2D eigenvalue weighted by molar-refractivity contribution is 0.434. The molecule has 0 saturated carbocycles. The fourth-order valence-electron chi connectivity index (χ4n) is 2.59. The number of aromatic nitrogens is 2. The van der Waals surface area contributed by atoms with Gasteiger partial charge in [0.25, 0.3) is 20.2 Å². The van der Waals surface area contributed by atoms with Gasteiger partial charge in [0.05, 0.1) is 27.1 Å². The van der Waals surface area contributed by atoms with Crippen molar-refractivity contribution in [3.8, 4) is 11.6 Å². The van der Waals surface area contributed by atoms with E-state index in [9.17, 15) is 31.0 Å². The van der Waals surface area contributed by atoms with E-state index in [0.29, 0.717) is 0 Å². The summed E-state index contributed by atoms with van der Waals surface area (Å²) in [7, 11) is -9.32. The van der Waals surface area contributed by atoms with Gasteiger partial charge in [0, 0.05) is 0 Å². The number of aryl methyl sites for hydroxylation is 1. The first-order valence-electron chi connectivity index (χ1n) is 8.20. The second-order valence-electron chi connectivity index (χ2n) is 6.24. The van der Waals surface area contributed by atoms with Crippen LogP contribution in [-0.4, -0.2) is 40.8 Å². The number of azo groups is 1. The zero-order valence-corrected chi connectivity index (χ0v) is 18.9. The predicted molar refractivity (Wildman–Crippen MR) is 113 cm³/mol. The summed E-state index contributed by atoms with van der Waals surface area (Å²) in [6.07, 6.45) is 0. The second kappa shape index (κ2) is 8.31. The largest absolute Gasteiger partial charge is 0.492 e. The first-order valence-corrected chi connectivity index (χ1v) is 11.8. The highest BCUT2D eigenvalue weighted by molar-refractivity contribution is 7.86. The highest BCUT2D eigenvalue weighted by Crippen LogP contribution is 2.38. The van der Waals surface area contributed by atoms with Gasteiger partial charge in [-0.3, -0.25) is 9.11 Å². The molecule has 1 radical (unpaired) electrons. The Morgan fingerprint density at radius 1 is 0.969 bits per heavy atom. The molecular formula is C16H12Cl2N5O7S2. The smallest absolute Gasteiger partial charge is 0.296 e. The number of rotatable bonds is 5. The van der Waals surface area contributed by atoms with Crippen molar-refractivity contribution in [1.82, 2.24) is 15.5 Å². The van der Waals surface area contributed by atoms with Crippen LogP contribution >= 0.6 is 23.2 Å². The first-order chi connectivity index (χ1) is 14.7. The van der Waals surface area contributed by atoms with Crippen LogP contribution in [0.1, 0.15) is 5.69 Å². The Morgan fingerprint density at radius 3 is 2.19 bits per heavy atom. The summed E-state index contributed by atoms with van der Waals surface area (Å²) < 4.78 is 65.1. The third kappa shape index (κ3) is 4.69. The number of halogens is 2.